The highest BCUT2D eigenvalue weighted by atomic mass is 32.1. The lowest BCUT2D eigenvalue weighted by Crippen LogP contribution is -2.39. The average Bonchev–Trinajstić information content (AvgIpc) is 2.90. The Hall–Kier alpha value is -2.15. The summed E-state index contributed by atoms with van der Waals surface area (Å²) in [7, 11) is 3.28. The second-order valence-electron chi connectivity index (χ2n) is 4.48. The van der Waals surface area contributed by atoms with Crippen LogP contribution in [0.25, 0.3) is 6.08 Å². The van der Waals surface area contributed by atoms with E-state index in [0.717, 1.165) is 6.08 Å². The minimum atomic E-state index is -1.04. The van der Waals surface area contributed by atoms with Gasteiger partial charge >= 0.3 is 5.97 Å². The number of thiophene rings is 1. The third-order valence-electron chi connectivity index (χ3n) is 2.72. The maximum absolute atomic E-state index is 12.3. The zero-order valence-corrected chi connectivity index (χ0v) is 13.0. The highest BCUT2D eigenvalue weighted by Crippen LogP contribution is 2.19. The Morgan fingerprint density at radius 2 is 1.95 bits per heavy atom. The van der Waals surface area contributed by atoms with E-state index in [-0.39, 0.29) is 18.4 Å². The molecule has 1 heterocycles. The topological polar surface area (TPSA) is 77.9 Å². The van der Waals surface area contributed by atoms with Gasteiger partial charge in [-0.2, -0.15) is 0 Å². The van der Waals surface area contributed by atoms with Crippen molar-refractivity contribution in [3.63, 3.8) is 0 Å². The Morgan fingerprint density at radius 3 is 2.48 bits per heavy atom. The van der Waals surface area contributed by atoms with E-state index in [1.807, 2.05) is 0 Å². The predicted molar refractivity (Wildman–Crippen MR) is 81.3 cm³/mol. The minimum absolute atomic E-state index is 0.0283. The summed E-state index contributed by atoms with van der Waals surface area (Å²) in [5.41, 5.74) is 0. The Labute approximate surface area is 127 Å². The summed E-state index contributed by atoms with van der Waals surface area (Å²) in [5, 5.41) is 8.57. The number of carbonyl (C=O) groups excluding carboxylic acids is 2. The monoisotopic (exact) mass is 310 g/mol. The maximum Gasteiger partial charge on any atom is 0.328 e. The van der Waals surface area contributed by atoms with Crippen molar-refractivity contribution < 1.29 is 19.5 Å². The van der Waals surface area contributed by atoms with Crippen LogP contribution in [0.2, 0.25) is 0 Å². The van der Waals surface area contributed by atoms with Crippen LogP contribution in [0.3, 0.4) is 0 Å². The largest absolute Gasteiger partial charge is 0.478 e. The van der Waals surface area contributed by atoms with Crippen LogP contribution in [-0.2, 0) is 9.59 Å². The number of aliphatic carboxylic acids is 1. The van der Waals surface area contributed by atoms with Crippen molar-refractivity contribution in [3.8, 4) is 0 Å². The summed E-state index contributed by atoms with van der Waals surface area (Å²) < 4.78 is 0. The fourth-order valence-electron chi connectivity index (χ4n) is 1.50. The molecule has 0 radical (unpaired) electrons. The van der Waals surface area contributed by atoms with Crippen LogP contribution in [0, 0.1) is 0 Å². The molecule has 0 bridgehead atoms. The van der Waals surface area contributed by atoms with Gasteiger partial charge in [0, 0.05) is 31.6 Å². The zero-order valence-electron chi connectivity index (χ0n) is 12.2. The number of carboxylic acid groups (broad SMARTS) is 1. The van der Waals surface area contributed by atoms with Gasteiger partial charge in [-0.25, -0.2) is 4.79 Å². The lowest BCUT2D eigenvalue weighted by atomic mass is 10.3. The van der Waals surface area contributed by atoms with Crippen LogP contribution in [0.5, 0.6) is 0 Å². The summed E-state index contributed by atoms with van der Waals surface area (Å²) in [6.07, 6.45) is 2.46. The van der Waals surface area contributed by atoms with E-state index in [9.17, 15) is 14.4 Å². The second-order valence-corrected chi connectivity index (χ2v) is 5.60. The summed E-state index contributed by atoms with van der Waals surface area (Å²) in [5.74, 6) is -1.41. The first-order valence-electron chi connectivity index (χ1n) is 6.35. The lowest BCUT2D eigenvalue weighted by Gasteiger charge is -2.21. The van der Waals surface area contributed by atoms with Gasteiger partial charge in [0.05, 0.1) is 4.88 Å². The third-order valence-corrected chi connectivity index (χ3v) is 3.76. The molecular weight excluding hydrogens is 292 g/mol. The number of hydrogen-bond acceptors (Lipinski definition) is 4. The standard InChI is InChI=1S/C14H18N2O4S/c1-4-16(9-12(17)15(2)3)14(20)11-7-5-10(21-11)6-8-13(18)19/h5-8H,4,9H2,1-3H3,(H,18,19). The van der Waals surface area contributed by atoms with Gasteiger partial charge in [-0.1, -0.05) is 0 Å². The number of carbonyl (C=O) groups is 3. The molecule has 0 saturated heterocycles. The molecule has 1 aromatic heterocycles. The van der Waals surface area contributed by atoms with Crippen molar-refractivity contribution in [1.82, 2.24) is 9.80 Å². The van der Waals surface area contributed by atoms with Gasteiger partial charge in [0.25, 0.3) is 5.91 Å². The Balaban J connectivity index is 2.81. The van der Waals surface area contributed by atoms with E-state index in [2.05, 4.69) is 0 Å². The van der Waals surface area contributed by atoms with Gasteiger partial charge in [0.2, 0.25) is 5.91 Å². The third kappa shape index (κ3) is 5.03. The zero-order chi connectivity index (χ0) is 16.0. The molecule has 0 saturated carbocycles. The Kier molecular flexibility index (Phi) is 6.10. The van der Waals surface area contributed by atoms with Gasteiger partial charge in [-0.05, 0) is 25.1 Å². The van der Waals surface area contributed by atoms with Crippen molar-refractivity contribution in [1.29, 1.82) is 0 Å². The molecule has 114 valence electrons. The molecule has 1 N–H and O–H groups in total. The van der Waals surface area contributed by atoms with Gasteiger partial charge in [0.15, 0.2) is 0 Å². The van der Waals surface area contributed by atoms with Crippen LogP contribution < -0.4 is 0 Å². The molecule has 21 heavy (non-hydrogen) atoms. The van der Waals surface area contributed by atoms with Gasteiger partial charge < -0.3 is 14.9 Å². The molecule has 0 atom stereocenters. The van der Waals surface area contributed by atoms with E-state index in [1.54, 1.807) is 33.2 Å². The summed E-state index contributed by atoms with van der Waals surface area (Å²) >= 11 is 1.20. The fourth-order valence-corrected chi connectivity index (χ4v) is 2.38. The van der Waals surface area contributed by atoms with E-state index in [4.69, 9.17) is 5.11 Å². The fraction of sp³-hybridized carbons (Fsp3) is 0.357. The van der Waals surface area contributed by atoms with Crippen molar-refractivity contribution in [3.05, 3.63) is 28.0 Å². The SMILES string of the molecule is CCN(CC(=O)N(C)C)C(=O)c1ccc(C=CC(=O)O)s1. The highest BCUT2D eigenvalue weighted by Gasteiger charge is 2.19. The van der Waals surface area contributed by atoms with Crippen LogP contribution in [-0.4, -0.2) is 59.9 Å². The molecule has 0 spiro atoms. The van der Waals surface area contributed by atoms with Crippen molar-refractivity contribution in [2.24, 2.45) is 0 Å². The minimum Gasteiger partial charge on any atom is -0.478 e. The molecule has 6 nitrogen and oxygen atoms in total. The van der Waals surface area contributed by atoms with E-state index >= 15 is 0 Å². The summed E-state index contributed by atoms with van der Waals surface area (Å²) in [6, 6.07) is 3.32. The molecule has 0 aliphatic rings. The summed E-state index contributed by atoms with van der Waals surface area (Å²) in [6.45, 7) is 2.26. The first-order valence-corrected chi connectivity index (χ1v) is 7.17. The summed E-state index contributed by atoms with van der Waals surface area (Å²) in [4.78, 5) is 38.5. The molecule has 1 aromatic rings. The molecule has 2 amide bonds. The molecule has 0 aromatic carbocycles. The number of carboxylic acids is 1. The number of likely N-dealkylation sites (N-methyl/N-ethyl adjacent to an activating group) is 2. The first-order chi connectivity index (χ1) is 9.85. The van der Waals surface area contributed by atoms with Crippen LogP contribution in [0.4, 0.5) is 0 Å². The smallest absolute Gasteiger partial charge is 0.328 e. The van der Waals surface area contributed by atoms with Crippen molar-refractivity contribution in [2.75, 3.05) is 27.2 Å². The van der Waals surface area contributed by atoms with Gasteiger partial charge in [-0.15, -0.1) is 11.3 Å². The molecule has 7 heteroatoms. The molecule has 0 aliphatic heterocycles. The average molecular weight is 310 g/mol. The predicted octanol–water partition coefficient (Wildman–Crippen LogP) is 1.40. The second kappa shape index (κ2) is 7.58. The number of hydrogen-bond donors (Lipinski definition) is 1. The van der Waals surface area contributed by atoms with E-state index < -0.39 is 5.97 Å². The molecule has 0 unspecified atom stereocenters. The number of rotatable bonds is 6. The normalized spacial score (nSPS) is 10.6. The molecular formula is C14H18N2O4S. The van der Waals surface area contributed by atoms with Crippen molar-refractivity contribution >= 4 is 35.2 Å². The van der Waals surface area contributed by atoms with Crippen LogP contribution >= 0.6 is 11.3 Å². The molecule has 0 fully saturated rings. The molecule has 0 aliphatic carbocycles. The highest BCUT2D eigenvalue weighted by molar-refractivity contribution is 7.14. The van der Waals surface area contributed by atoms with Gasteiger partial charge in [-0.3, -0.25) is 9.59 Å². The Bertz CT molecular complexity index is 563. The first kappa shape index (κ1) is 16.9. The van der Waals surface area contributed by atoms with E-state index in [1.165, 1.54) is 27.2 Å². The quantitative estimate of drug-likeness (QED) is 0.806. The van der Waals surface area contributed by atoms with Crippen molar-refractivity contribution in [2.45, 2.75) is 6.92 Å². The maximum atomic E-state index is 12.3. The van der Waals surface area contributed by atoms with Crippen LogP contribution in [0.1, 0.15) is 21.5 Å². The van der Waals surface area contributed by atoms with E-state index in [0.29, 0.717) is 16.3 Å². The number of amides is 2. The number of nitrogens with zero attached hydrogens (tertiary/aromatic N) is 2. The Morgan fingerprint density at radius 1 is 1.29 bits per heavy atom. The van der Waals surface area contributed by atoms with Crippen LogP contribution in [0.15, 0.2) is 18.2 Å². The van der Waals surface area contributed by atoms with Gasteiger partial charge in [0.1, 0.15) is 6.54 Å². The lowest BCUT2D eigenvalue weighted by molar-refractivity contribution is -0.131. The molecule has 1 rings (SSSR count).